The third-order valence-electron chi connectivity index (χ3n) is 2.61. The summed E-state index contributed by atoms with van der Waals surface area (Å²) in [6.07, 6.45) is 12.4. The van der Waals surface area contributed by atoms with Gasteiger partial charge in [-0.15, -0.1) is 0 Å². The zero-order valence-electron chi connectivity index (χ0n) is 10.2. The smallest absolute Gasteiger partial charge is 0.417 e. The SMILES string of the molecule is CCCCCC1C=CN(C(=O)OCC)C=C1. The fourth-order valence-corrected chi connectivity index (χ4v) is 1.66. The van der Waals surface area contributed by atoms with Crippen LogP contribution in [0.4, 0.5) is 4.79 Å². The first kappa shape index (κ1) is 12.8. The number of amides is 1. The minimum Gasteiger partial charge on any atom is -0.449 e. The minimum atomic E-state index is -0.304. The topological polar surface area (TPSA) is 29.5 Å². The van der Waals surface area contributed by atoms with Gasteiger partial charge < -0.3 is 4.74 Å². The Kier molecular flexibility index (Phi) is 5.68. The van der Waals surface area contributed by atoms with E-state index in [2.05, 4.69) is 19.1 Å². The van der Waals surface area contributed by atoms with Gasteiger partial charge in [0.25, 0.3) is 0 Å². The molecule has 3 heteroatoms. The molecule has 0 bridgehead atoms. The van der Waals surface area contributed by atoms with E-state index in [0.717, 1.165) is 6.42 Å². The van der Waals surface area contributed by atoms with E-state index >= 15 is 0 Å². The summed E-state index contributed by atoms with van der Waals surface area (Å²) in [6, 6.07) is 0. The Morgan fingerprint density at radius 3 is 2.50 bits per heavy atom. The number of hydrogen-bond acceptors (Lipinski definition) is 2. The van der Waals surface area contributed by atoms with Crippen molar-refractivity contribution in [2.75, 3.05) is 6.61 Å². The standard InChI is InChI=1S/C13H21NO2/c1-3-5-6-7-12-8-10-14(11-9-12)13(15)16-4-2/h8-12H,3-7H2,1-2H3. The van der Waals surface area contributed by atoms with Crippen LogP contribution < -0.4 is 0 Å². The summed E-state index contributed by atoms with van der Waals surface area (Å²) >= 11 is 0. The summed E-state index contributed by atoms with van der Waals surface area (Å²) in [5.41, 5.74) is 0. The van der Waals surface area contributed by atoms with Crippen molar-refractivity contribution < 1.29 is 9.53 Å². The molecule has 16 heavy (non-hydrogen) atoms. The maximum absolute atomic E-state index is 11.4. The van der Waals surface area contributed by atoms with Crippen LogP contribution in [0.5, 0.6) is 0 Å². The van der Waals surface area contributed by atoms with Gasteiger partial charge in [-0.05, 0) is 19.3 Å². The number of rotatable bonds is 5. The van der Waals surface area contributed by atoms with Crippen molar-refractivity contribution in [2.24, 2.45) is 5.92 Å². The Hall–Kier alpha value is -1.25. The first-order valence-electron chi connectivity index (χ1n) is 6.09. The normalized spacial score (nSPS) is 15.5. The monoisotopic (exact) mass is 223 g/mol. The Morgan fingerprint density at radius 2 is 1.94 bits per heavy atom. The number of nitrogens with zero attached hydrogens (tertiary/aromatic N) is 1. The summed E-state index contributed by atoms with van der Waals surface area (Å²) in [6.45, 7) is 4.43. The number of carbonyl (C=O) groups excluding carboxylic acids is 1. The van der Waals surface area contributed by atoms with E-state index in [-0.39, 0.29) is 6.09 Å². The molecule has 1 rings (SSSR count). The molecule has 1 amide bonds. The van der Waals surface area contributed by atoms with Crippen LogP contribution in [-0.2, 0) is 4.74 Å². The molecule has 90 valence electrons. The van der Waals surface area contributed by atoms with Gasteiger partial charge in [0.15, 0.2) is 0 Å². The molecule has 0 aromatic carbocycles. The number of allylic oxidation sites excluding steroid dienone is 2. The van der Waals surface area contributed by atoms with E-state index in [9.17, 15) is 4.79 Å². The highest BCUT2D eigenvalue weighted by molar-refractivity contribution is 5.70. The molecular weight excluding hydrogens is 202 g/mol. The quantitative estimate of drug-likeness (QED) is 0.665. The average Bonchev–Trinajstić information content (AvgIpc) is 2.30. The highest BCUT2D eigenvalue weighted by atomic mass is 16.5. The molecule has 1 aliphatic rings. The van der Waals surface area contributed by atoms with Crippen molar-refractivity contribution in [3.8, 4) is 0 Å². The first-order chi connectivity index (χ1) is 7.77. The second-order valence-corrected chi connectivity index (χ2v) is 3.95. The van der Waals surface area contributed by atoms with E-state index in [1.54, 1.807) is 12.4 Å². The fourth-order valence-electron chi connectivity index (χ4n) is 1.66. The Morgan fingerprint density at radius 1 is 1.25 bits per heavy atom. The van der Waals surface area contributed by atoms with Gasteiger partial charge in [0.1, 0.15) is 0 Å². The van der Waals surface area contributed by atoms with Gasteiger partial charge in [-0.1, -0.05) is 38.3 Å². The summed E-state index contributed by atoms with van der Waals surface area (Å²) < 4.78 is 4.90. The Balaban J connectivity index is 2.31. The van der Waals surface area contributed by atoms with Gasteiger partial charge in [0.05, 0.1) is 6.61 Å². The number of hydrogen-bond donors (Lipinski definition) is 0. The molecule has 0 fully saturated rings. The largest absolute Gasteiger partial charge is 0.449 e. The molecule has 0 saturated carbocycles. The molecule has 0 spiro atoms. The lowest BCUT2D eigenvalue weighted by molar-refractivity contribution is 0.132. The van der Waals surface area contributed by atoms with E-state index in [1.807, 2.05) is 6.92 Å². The minimum absolute atomic E-state index is 0.304. The molecule has 0 unspecified atom stereocenters. The van der Waals surface area contributed by atoms with Crippen LogP contribution in [-0.4, -0.2) is 17.6 Å². The van der Waals surface area contributed by atoms with Gasteiger partial charge in [-0.3, -0.25) is 4.90 Å². The van der Waals surface area contributed by atoms with Crippen LogP contribution in [0.25, 0.3) is 0 Å². The van der Waals surface area contributed by atoms with Crippen LogP contribution >= 0.6 is 0 Å². The van der Waals surface area contributed by atoms with E-state index in [0.29, 0.717) is 12.5 Å². The molecule has 0 aliphatic carbocycles. The average molecular weight is 223 g/mol. The molecule has 3 nitrogen and oxygen atoms in total. The fraction of sp³-hybridized carbons (Fsp3) is 0.615. The highest BCUT2D eigenvalue weighted by Crippen LogP contribution is 2.17. The zero-order chi connectivity index (χ0) is 11.8. The lowest BCUT2D eigenvalue weighted by atomic mass is 10.00. The van der Waals surface area contributed by atoms with Crippen molar-refractivity contribution in [3.05, 3.63) is 24.6 Å². The van der Waals surface area contributed by atoms with Crippen molar-refractivity contribution in [3.63, 3.8) is 0 Å². The number of unbranched alkanes of at least 4 members (excludes halogenated alkanes) is 2. The van der Waals surface area contributed by atoms with Gasteiger partial charge in [-0.2, -0.15) is 0 Å². The van der Waals surface area contributed by atoms with Gasteiger partial charge >= 0.3 is 6.09 Å². The van der Waals surface area contributed by atoms with Gasteiger partial charge in [-0.25, -0.2) is 4.79 Å². The van der Waals surface area contributed by atoms with Crippen molar-refractivity contribution in [1.82, 2.24) is 4.90 Å². The Bertz CT molecular complexity index is 257. The summed E-state index contributed by atoms with van der Waals surface area (Å²) in [7, 11) is 0. The highest BCUT2D eigenvalue weighted by Gasteiger charge is 2.13. The van der Waals surface area contributed by atoms with Crippen LogP contribution in [0.3, 0.4) is 0 Å². The molecule has 0 aromatic rings. The van der Waals surface area contributed by atoms with Gasteiger partial charge in [0, 0.05) is 12.4 Å². The van der Waals surface area contributed by atoms with Crippen LogP contribution in [0.1, 0.15) is 39.5 Å². The first-order valence-corrected chi connectivity index (χ1v) is 6.09. The Labute approximate surface area is 97.8 Å². The zero-order valence-corrected chi connectivity index (χ0v) is 10.2. The lowest BCUT2D eigenvalue weighted by Crippen LogP contribution is -2.23. The maximum Gasteiger partial charge on any atom is 0.417 e. The summed E-state index contributed by atoms with van der Waals surface area (Å²) in [5, 5.41) is 0. The maximum atomic E-state index is 11.4. The van der Waals surface area contributed by atoms with Crippen molar-refractivity contribution >= 4 is 6.09 Å². The molecule has 0 radical (unpaired) electrons. The second-order valence-electron chi connectivity index (χ2n) is 3.95. The lowest BCUT2D eigenvalue weighted by Gasteiger charge is -2.19. The van der Waals surface area contributed by atoms with E-state index in [4.69, 9.17) is 4.74 Å². The molecular formula is C13H21NO2. The predicted molar refractivity (Wildman–Crippen MR) is 64.8 cm³/mol. The van der Waals surface area contributed by atoms with Crippen LogP contribution in [0.15, 0.2) is 24.6 Å². The van der Waals surface area contributed by atoms with Crippen molar-refractivity contribution in [1.29, 1.82) is 0 Å². The van der Waals surface area contributed by atoms with Gasteiger partial charge in [0.2, 0.25) is 0 Å². The summed E-state index contributed by atoms with van der Waals surface area (Å²) in [4.78, 5) is 12.9. The predicted octanol–water partition coefficient (Wildman–Crippen LogP) is 3.68. The molecule has 0 aromatic heterocycles. The van der Waals surface area contributed by atoms with E-state index < -0.39 is 0 Å². The number of carbonyl (C=O) groups is 1. The van der Waals surface area contributed by atoms with Crippen molar-refractivity contribution in [2.45, 2.75) is 39.5 Å². The van der Waals surface area contributed by atoms with E-state index in [1.165, 1.54) is 24.2 Å². The molecule has 0 N–H and O–H groups in total. The molecule has 0 saturated heterocycles. The molecule has 0 atom stereocenters. The van der Waals surface area contributed by atoms with Crippen LogP contribution in [0.2, 0.25) is 0 Å². The second kappa shape index (κ2) is 7.09. The molecule has 1 aliphatic heterocycles. The molecule has 1 heterocycles. The van der Waals surface area contributed by atoms with Crippen LogP contribution in [0, 0.1) is 5.92 Å². The summed E-state index contributed by atoms with van der Waals surface area (Å²) in [5.74, 6) is 0.470. The number of ether oxygens (including phenoxy) is 1. The third kappa shape index (κ3) is 4.09. The third-order valence-corrected chi connectivity index (χ3v) is 2.61.